The van der Waals surface area contributed by atoms with Gasteiger partial charge in [-0.1, -0.05) is 42.5 Å². The lowest BCUT2D eigenvalue weighted by molar-refractivity contribution is -0.142. The molecule has 0 heterocycles. The molecule has 0 radical (unpaired) electrons. The molecule has 1 N–H and O–H groups in total. The summed E-state index contributed by atoms with van der Waals surface area (Å²) in [6.07, 6.45) is 0.374. The molecule has 178 valence electrons. The molecule has 3 aromatic rings. The van der Waals surface area contributed by atoms with E-state index in [1.165, 1.54) is 0 Å². The summed E-state index contributed by atoms with van der Waals surface area (Å²) in [6.45, 7) is 0.0194. The second kappa shape index (κ2) is 12.3. The van der Waals surface area contributed by atoms with Crippen molar-refractivity contribution >= 4 is 11.8 Å². The van der Waals surface area contributed by atoms with E-state index >= 15 is 0 Å². The molecule has 0 saturated heterocycles. The van der Waals surface area contributed by atoms with E-state index in [2.05, 4.69) is 5.32 Å². The fourth-order valence-electron chi connectivity index (χ4n) is 3.59. The van der Waals surface area contributed by atoms with Gasteiger partial charge in [-0.2, -0.15) is 0 Å². The van der Waals surface area contributed by atoms with Gasteiger partial charge in [0.25, 0.3) is 5.91 Å². The predicted molar refractivity (Wildman–Crippen MR) is 130 cm³/mol. The van der Waals surface area contributed by atoms with Gasteiger partial charge in [-0.3, -0.25) is 9.59 Å². The summed E-state index contributed by atoms with van der Waals surface area (Å²) in [5, 5.41) is 2.70. The van der Waals surface area contributed by atoms with Crippen LogP contribution in [0.15, 0.2) is 78.9 Å². The number of rotatable bonds is 11. The first-order valence-electron chi connectivity index (χ1n) is 11.0. The first kappa shape index (κ1) is 24.6. The second-order valence-electron chi connectivity index (χ2n) is 7.66. The number of ether oxygens (including phenoxy) is 3. The van der Waals surface area contributed by atoms with Crippen LogP contribution in [0.3, 0.4) is 0 Å². The summed E-state index contributed by atoms with van der Waals surface area (Å²) >= 11 is 0. The van der Waals surface area contributed by atoms with Crippen LogP contribution in [0.4, 0.5) is 0 Å². The van der Waals surface area contributed by atoms with Crippen LogP contribution in [0.2, 0.25) is 0 Å². The summed E-state index contributed by atoms with van der Waals surface area (Å²) in [7, 11) is 4.75. The molecule has 0 saturated carbocycles. The van der Waals surface area contributed by atoms with Gasteiger partial charge in [0, 0.05) is 20.0 Å². The molecular weight excluding hydrogens is 432 g/mol. The predicted octanol–water partition coefficient (Wildman–Crippen LogP) is 3.47. The molecule has 7 heteroatoms. The number of carbonyl (C=O) groups is 2. The molecule has 3 rings (SSSR count). The summed E-state index contributed by atoms with van der Waals surface area (Å²) < 4.78 is 16.2. The number of methoxy groups -OCH3 is 2. The molecular formula is C27H30N2O5. The van der Waals surface area contributed by atoms with Gasteiger partial charge < -0.3 is 24.4 Å². The van der Waals surface area contributed by atoms with Crippen molar-refractivity contribution in [1.29, 1.82) is 0 Å². The van der Waals surface area contributed by atoms with Crippen LogP contribution in [-0.2, 0) is 22.6 Å². The molecule has 0 aliphatic carbocycles. The Morgan fingerprint density at radius 1 is 0.824 bits per heavy atom. The lowest BCUT2D eigenvalue weighted by Crippen LogP contribution is -2.51. The molecule has 7 nitrogen and oxygen atoms in total. The van der Waals surface area contributed by atoms with E-state index < -0.39 is 6.04 Å². The lowest BCUT2D eigenvalue weighted by atomic mass is 10.0. The zero-order chi connectivity index (χ0) is 24.3. The first-order chi connectivity index (χ1) is 16.5. The molecule has 1 unspecified atom stereocenters. The zero-order valence-corrected chi connectivity index (χ0v) is 19.7. The third-order valence-electron chi connectivity index (χ3n) is 5.43. The van der Waals surface area contributed by atoms with Gasteiger partial charge in [-0.15, -0.1) is 0 Å². The molecule has 2 amide bonds. The van der Waals surface area contributed by atoms with Crippen molar-refractivity contribution in [3.05, 3.63) is 90.0 Å². The van der Waals surface area contributed by atoms with Crippen molar-refractivity contribution in [3.8, 4) is 17.2 Å². The third-order valence-corrected chi connectivity index (χ3v) is 5.43. The Labute approximate surface area is 200 Å². The van der Waals surface area contributed by atoms with Crippen LogP contribution in [0, 0.1) is 0 Å². The van der Waals surface area contributed by atoms with E-state index in [4.69, 9.17) is 14.2 Å². The van der Waals surface area contributed by atoms with Crippen LogP contribution in [0.1, 0.15) is 11.1 Å². The molecule has 0 bridgehead atoms. The average Bonchev–Trinajstić information content (AvgIpc) is 2.89. The molecule has 1 atom stereocenters. The van der Waals surface area contributed by atoms with Crippen LogP contribution in [0.25, 0.3) is 0 Å². The van der Waals surface area contributed by atoms with Crippen molar-refractivity contribution in [2.45, 2.75) is 19.0 Å². The Morgan fingerprint density at radius 3 is 2.12 bits per heavy atom. The fraction of sp³-hybridized carbons (Fsp3) is 0.259. The minimum absolute atomic E-state index is 0.210. The molecule has 0 aromatic heterocycles. The smallest absolute Gasteiger partial charge is 0.261 e. The van der Waals surface area contributed by atoms with Crippen LogP contribution >= 0.6 is 0 Å². The summed E-state index contributed by atoms with van der Waals surface area (Å²) in [5.74, 6) is 1.36. The second-order valence-corrected chi connectivity index (χ2v) is 7.66. The third kappa shape index (κ3) is 6.75. The van der Waals surface area contributed by atoms with Gasteiger partial charge in [-0.05, 0) is 47.5 Å². The lowest BCUT2D eigenvalue weighted by Gasteiger charge is -2.31. The van der Waals surface area contributed by atoms with Crippen molar-refractivity contribution < 1.29 is 23.8 Å². The first-order valence-corrected chi connectivity index (χ1v) is 11.0. The molecule has 0 aliphatic rings. The SMILES string of the molecule is CNC(=O)C(Cc1ccccc1)N(Cc1cccc(OC)c1)C(=O)COc1ccc(OC)cc1. The maximum Gasteiger partial charge on any atom is 0.261 e. The number of amides is 2. The number of carbonyl (C=O) groups excluding carboxylic acids is 2. The monoisotopic (exact) mass is 462 g/mol. The zero-order valence-electron chi connectivity index (χ0n) is 19.7. The maximum atomic E-state index is 13.4. The van der Waals surface area contributed by atoms with E-state index in [0.29, 0.717) is 23.7 Å². The molecule has 3 aromatic carbocycles. The maximum absolute atomic E-state index is 13.4. The number of nitrogens with zero attached hydrogens (tertiary/aromatic N) is 1. The largest absolute Gasteiger partial charge is 0.497 e. The van der Waals surface area contributed by atoms with Crippen molar-refractivity contribution in [1.82, 2.24) is 10.2 Å². The number of nitrogens with one attached hydrogen (secondary N) is 1. The van der Waals surface area contributed by atoms with Gasteiger partial charge in [0.2, 0.25) is 5.91 Å². The summed E-state index contributed by atoms with van der Waals surface area (Å²) in [4.78, 5) is 27.9. The van der Waals surface area contributed by atoms with Crippen LogP contribution < -0.4 is 19.5 Å². The van der Waals surface area contributed by atoms with Gasteiger partial charge >= 0.3 is 0 Å². The highest BCUT2D eigenvalue weighted by Crippen LogP contribution is 2.20. The van der Waals surface area contributed by atoms with E-state index in [0.717, 1.165) is 11.1 Å². The Kier molecular flexibility index (Phi) is 8.91. The number of likely N-dealkylation sites (N-methyl/N-ethyl adjacent to an activating group) is 1. The van der Waals surface area contributed by atoms with E-state index in [-0.39, 0.29) is 25.0 Å². The highest BCUT2D eigenvalue weighted by atomic mass is 16.5. The summed E-state index contributed by atoms with van der Waals surface area (Å²) in [5.41, 5.74) is 1.80. The average molecular weight is 463 g/mol. The van der Waals surface area contributed by atoms with Gasteiger partial charge in [0.15, 0.2) is 6.61 Å². The molecule has 0 fully saturated rings. The number of benzene rings is 3. The van der Waals surface area contributed by atoms with E-state index in [9.17, 15) is 9.59 Å². The summed E-state index contributed by atoms with van der Waals surface area (Å²) in [6, 6.07) is 23.4. The molecule has 0 spiro atoms. The van der Waals surface area contributed by atoms with Gasteiger partial charge in [0.1, 0.15) is 23.3 Å². The topological polar surface area (TPSA) is 77.1 Å². The van der Waals surface area contributed by atoms with E-state index in [1.807, 2.05) is 54.6 Å². The van der Waals surface area contributed by atoms with Crippen LogP contribution in [0.5, 0.6) is 17.2 Å². The number of hydrogen-bond acceptors (Lipinski definition) is 5. The molecule has 34 heavy (non-hydrogen) atoms. The van der Waals surface area contributed by atoms with Crippen molar-refractivity contribution in [2.75, 3.05) is 27.9 Å². The Balaban J connectivity index is 1.86. The van der Waals surface area contributed by atoms with Gasteiger partial charge in [0.05, 0.1) is 14.2 Å². The normalized spacial score (nSPS) is 11.3. The van der Waals surface area contributed by atoms with Crippen molar-refractivity contribution in [2.24, 2.45) is 0 Å². The Morgan fingerprint density at radius 2 is 1.47 bits per heavy atom. The standard InChI is InChI=1S/C27H30N2O5/c1-28-27(31)25(17-20-8-5-4-6-9-20)29(18-21-10-7-11-24(16-21)33-3)26(30)19-34-23-14-12-22(32-2)13-15-23/h4-16,25H,17-19H2,1-3H3,(H,28,31). The Hall–Kier alpha value is -4.00. The highest BCUT2D eigenvalue weighted by Gasteiger charge is 2.30. The minimum atomic E-state index is -0.717. The highest BCUT2D eigenvalue weighted by molar-refractivity contribution is 5.88. The van der Waals surface area contributed by atoms with Gasteiger partial charge in [-0.25, -0.2) is 0 Å². The minimum Gasteiger partial charge on any atom is -0.497 e. The van der Waals surface area contributed by atoms with E-state index in [1.54, 1.807) is 50.4 Å². The number of hydrogen-bond donors (Lipinski definition) is 1. The van der Waals surface area contributed by atoms with Crippen LogP contribution in [-0.4, -0.2) is 50.6 Å². The van der Waals surface area contributed by atoms with Crippen molar-refractivity contribution in [3.63, 3.8) is 0 Å². The fourth-order valence-corrected chi connectivity index (χ4v) is 3.59. The molecule has 0 aliphatic heterocycles. The Bertz CT molecular complexity index is 1070. The quantitative estimate of drug-likeness (QED) is 0.472.